The molecule has 0 atom stereocenters. The van der Waals surface area contributed by atoms with E-state index in [9.17, 15) is 9.18 Å². The molecule has 0 aliphatic carbocycles. The summed E-state index contributed by atoms with van der Waals surface area (Å²) >= 11 is 0. The number of aryl methyl sites for hydroxylation is 1. The van der Waals surface area contributed by atoms with E-state index in [0.29, 0.717) is 5.56 Å². The monoisotopic (exact) mass is 350 g/mol. The van der Waals surface area contributed by atoms with Crippen molar-refractivity contribution in [3.8, 4) is 16.9 Å². The summed E-state index contributed by atoms with van der Waals surface area (Å²) in [5.74, 6) is -0.385. The lowest BCUT2D eigenvalue weighted by atomic mass is 10.1. The number of nitrogens with one attached hydrogen (secondary N) is 1. The lowest BCUT2D eigenvalue weighted by molar-refractivity contribution is 0.0942. The van der Waals surface area contributed by atoms with Crippen LogP contribution >= 0.6 is 0 Å². The quantitative estimate of drug-likeness (QED) is 0.703. The zero-order valence-corrected chi connectivity index (χ0v) is 15.5. The summed E-state index contributed by atoms with van der Waals surface area (Å²) in [4.78, 5) is 12.6. The van der Waals surface area contributed by atoms with Crippen molar-refractivity contribution in [1.29, 1.82) is 0 Å². The van der Waals surface area contributed by atoms with Crippen molar-refractivity contribution >= 4 is 5.91 Å². The molecule has 134 valence electrons. The van der Waals surface area contributed by atoms with Crippen LogP contribution in [0.1, 0.15) is 35.5 Å². The molecular weight excluding hydrogens is 327 g/mol. The predicted octanol–water partition coefficient (Wildman–Crippen LogP) is 5.04. The highest BCUT2D eigenvalue weighted by Gasteiger charge is 2.20. The predicted molar refractivity (Wildman–Crippen MR) is 103 cm³/mol. The normalized spacial score (nSPS) is 11.0. The van der Waals surface area contributed by atoms with Gasteiger partial charge in [0.05, 0.1) is 11.3 Å². The summed E-state index contributed by atoms with van der Waals surface area (Å²) in [6.45, 7) is 7.84. The van der Waals surface area contributed by atoms with E-state index < -0.39 is 0 Å². The molecule has 0 saturated heterocycles. The molecule has 2 aromatic carbocycles. The van der Waals surface area contributed by atoms with Gasteiger partial charge in [0.15, 0.2) is 0 Å². The third kappa shape index (κ3) is 3.54. The second-order valence-corrected chi connectivity index (χ2v) is 6.84. The first kappa shape index (κ1) is 17.9. The molecule has 0 spiro atoms. The smallest absolute Gasteiger partial charge is 0.253 e. The van der Waals surface area contributed by atoms with Crippen LogP contribution < -0.4 is 5.32 Å². The number of benzene rings is 2. The van der Waals surface area contributed by atoms with Gasteiger partial charge in [-0.25, -0.2) is 4.39 Å². The molecule has 1 N–H and O–H groups in total. The second kappa shape index (κ2) is 7.16. The summed E-state index contributed by atoms with van der Waals surface area (Å²) in [7, 11) is 0. The number of hydrogen-bond donors (Lipinski definition) is 1. The summed E-state index contributed by atoms with van der Waals surface area (Å²) in [6, 6.07) is 16.4. The van der Waals surface area contributed by atoms with Gasteiger partial charge in [-0.1, -0.05) is 12.1 Å². The third-order valence-corrected chi connectivity index (χ3v) is 4.31. The van der Waals surface area contributed by atoms with E-state index in [2.05, 4.69) is 16.0 Å². The first-order valence-corrected chi connectivity index (χ1v) is 8.73. The van der Waals surface area contributed by atoms with Crippen LogP contribution in [0.25, 0.3) is 16.9 Å². The van der Waals surface area contributed by atoms with Gasteiger partial charge < -0.3 is 9.88 Å². The van der Waals surface area contributed by atoms with Gasteiger partial charge in [-0.2, -0.15) is 0 Å². The van der Waals surface area contributed by atoms with Crippen LogP contribution in [-0.4, -0.2) is 16.5 Å². The fourth-order valence-corrected chi connectivity index (χ4v) is 3.11. The molecule has 1 heterocycles. The Morgan fingerprint density at radius 1 is 1.04 bits per heavy atom. The van der Waals surface area contributed by atoms with Gasteiger partial charge in [0.25, 0.3) is 5.91 Å². The maximum atomic E-state index is 13.4. The number of carbonyl (C=O) groups excluding carboxylic acids is 1. The van der Waals surface area contributed by atoms with Crippen molar-refractivity contribution in [3.05, 3.63) is 77.2 Å². The minimum absolute atomic E-state index is 0.0542. The Bertz CT molecular complexity index is 939. The number of carbonyl (C=O) groups is 1. The average molecular weight is 350 g/mol. The molecule has 0 unspecified atom stereocenters. The van der Waals surface area contributed by atoms with Crippen molar-refractivity contribution in [2.24, 2.45) is 0 Å². The Hall–Kier alpha value is -2.88. The summed E-state index contributed by atoms with van der Waals surface area (Å²) in [6.07, 6.45) is 0. The maximum Gasteiger partial charge on any atom is 0.253 e. The van der Waals surface area contributed by atoms with Gasteiger partial charge in [-0.15, -0.1) is 0 Å². The van der Waals surface area contributed by atoms with Gasteiger partial charge in [-0.3, -0.25) is 4.79 Å². The molecule has 0 aliphatic heterocycles. The molecule has 3 rings (SSSR count). The van der Waals surface area contributed by atoms with E-state index in [0.717, 1.165) is 28.2 Å². The summed E-state index contributed by atoms with van der Waals surface area (Å²) in [5, 5.41) is 2.95. The lowest BCUT2D eigenvalue weighted by Gasteiger charge is -2.13. The minimum atomic E-state index is -0.281. The third-order valence-electron chi connectivity index (χ3n) is 4.31. The number of amides is 1. The van der Waals surface area contributed by atoms with Crippen molar-refractivity contribution < 1.29 is 9.18 Å². The van der Waals surface area contributed by atoms with Gasteiger partial charge in [0.2, 0.25) is 0 Å². The Labute approximate surface area is 153 Å². The first-order chi connectivity index (χ1) is 12.4. The Morgan fingerprint density at radius 2 is 1.73 bits per heavy atom. The Kier molecular flexibility index (Phi) is 4.94. The maximum absolute atomic E-state index is 13.4. The van der Waals surface area contributed by atoms with Crippen LogP contribution in [-0.2, 0) is 0 Å². The Morgan fingerprint density at radius 3 is 2.35 bits per heavy atom. The molecule has 26 heavy (non-hydrogen) atoms. The molecular formula is C22H23FN2O. The summed E-state index contributed by atoms with van der Waals surface area (Å²) in [5.41, 5.74) is 5.31. The summed E-state index contributed by atoms with van der Waals surface area (Å²) < 4.78 is 15.4. The Balaban J connectivity index is 2.21. The molecule has 0 aliphatic rings. The van der Waals surface area contributed by atoms with Gasteiger partial charge in [0, 0.05) is 17.4 Å². The average Bonchev–Trinajstić information content (AvgIpc) is 2.92. The molecule has 4 heteroatoms. The zero-order chi connectivity index (χ0) is 18.8. The second-order valence-electron chi connectivity index (χ2n) is 6.84. The van der Waals surface area contributed by atoms with Crippen LogP contribution in [0.2, 0.25) is 0 Å². The van der Waals surface area contributed by atoms with Crippen LogP contribution in [0.15, 0.2) is 54.6 Å². The molecule has 0 radical (unpaired) electrons. The fourth-order valence-electron chi connectivity index (χ4n) is 3.11. The molecule has 3 nitrogen and oxygen atoms in total. The highest BCUT2D eigenvalue weighted by molar-refractivity contribution is 5.97. The number of aromatic nitrogens is 1. The molecule has 1 aromatic heterocycles. The molecule has 3 aromatic rings. The van der Waals surface area contributed by atoms with E-state index in [4.69, 9.17) is 0 Å². The zero-order valence-electron chi connectivity index (χ0n) is 15.5. The first-order valence-electron chi connectivity index (χ1n) is 8.73. The van der Waals surface area contributed by atoms with E-state index in [1.54, 1.807) is 12.1 Å². The highest BCUT2D eigenvalue weighted by Crippen LogP contribution is 2.30. The number of nitrogens with zero attached hydrogens (tertiary/aromatic N) is 1. The molecule has 1 amide bonds. The van der Waals surface area contributed by atoms with Gasteiger partial charge >= 0.3 is 0 Å². The minimum Gasteiger partial charge on any atom is -0.350 e. The van der Waals surface area contributed by atoms with Crippen molar-refractivity contribution in [2.45, 2.75) is 33.7 Å². The largest absolute Gasteiger partial charge is 0.350 e. The highest BCUT2D eigenvalue weighted by atomic mass is 19.1. The molecule has 0 fully saturated rings. The lowest BCUT2D eigenvalue weighted by Crippen LogP contribution is -2.30. The van der Waals surface area contributed by atoms with E-state index in [1.807, 2.05) is 52.0 Å². The van der Waals surface area contributed by atoms with Crippen LogP contribution in [0.3, 0.4) is 0 Å². The van der Waals surface area contributed by atoms with Crippen molar-refractivity contribution in [1.82, 2.24) is 9.88 Å². The number of halogens is 1. The number of hydrogen-bond acceptors (Lipinski definition) is 1. The van der Waals surface area contributed by atoms with Crippen LogP contribution in [0, 0.1) is 19.7 Å². The van der Waals surface area contributed by atoms with Crippen molar-refractivity contribution in [2.75, 3.05) is 0 Å². The SMILES string of the molecule is Cc1cccc(-n2c(-c3ccc(F)cc3)cc(C(=O)NC(C)C)c2C)c1. The fraction of sp³-hybridized carbons (Fsp3) is 0.227. The van der Waals surface area contributed by atoms with Crippen molar-refractivity contribution in [3.63, 3.8) is 0 Å². The topological polar surface area (TPSA) is 34.0 Å². The van der Waals surface area contributed by atoms with E-state index in [-0.39, 0.29) is 17.8 Å². The van der Waals surface area contributed by atoms with E-state index in [1.165, 1.54) is 12.1 Å². The van der Waals surface area contributed by atoms with E-state index >= 15 is 0 Å². The van der Waals surface area contributed by atoms with Crippen LogP contribution in [0.5, 0.6) is 0 Å². The van der Waals surface area contributed by atoms with Gasteiger partial charge in [-0.05, 0) is 81.3 Å². The standard InChI is InChI=1S/C22H23FN2O/c1-14(2)24-22(26)20-13-21(17-8-10-18(23)11-9-17)25(16(20)4)19-7-5-6-15(3)12-19/h5-14H,1-4H3,(H,24,26). The van der Waals surface area contributed by atoms with Gasteiger partial charge in [0.1, 0.15) is 5.82 Å². The number of rotatable bonds is 4. The molecule has 0 bridgehead atoms. The molecule has 0 saturated carbocycles. The van der Waals surface area contributed by atoms with Crippen LogP contribution in [0.4, 0.5) is 4.39 Å².